The van der Waals surface area contributed by atoms with Crippen molar-refractivity contribution in [1.82, 2.24) is 0 Å². The summed E-state index contributed by atoms with van der Waals surface area (Å²) < 4.78 is 0. The number of hydrogen-bond acceptors (Lipinski definition) is 0. The number of allylic oxidation sites excluding steroid dienone is 2. The maximum atomic E-state index is 2.40. The normalized spacial score (nSPS) is 15.5. The molecule has 0 heterocycles. The first kappa shape index (κ1) is 15.7. The standard InChI is InChI=1S/C16H32/c1-5-7-9-13-16(4)14-11-8-10-12-15(3)6-2/h8,11,15-16H,5-7,9-10,12-14H2,1-4H3. The summed E-state index contributed by atoms with van der Waals surface area (Å²) in [5.74, 6) is 1.78. The number of rotatable bonds is 10. The minimum Gasteiger partial charge on any atom is -0.0885 e. The Bertz CT molecular complexity index is 157. The molecule has 0 heteroatoms. The summed E-state index contributed by atoms with van der Waals surface area (Å²) in [5.41, 5.74) is 0. The molecule has 0 aliphatic carbocycles. The first-order chi connectivity index (χ1) is 7.70. The fourth-order valence-electron chi connectivity index (χ4n) is 1.89. The molecule has 0 aromatic rings. The summed E-state index contributed by atoms with van der Waals surface area (Å²) in [6, 6.07) is 0. The zero-order chi connectivity index (χ0) is 12.2. The zero-order valence-electron chi connectivity index (χ0n) is 12.0. The average molecular weight is 224 g/mol. The molecule has 16 heavy (non-hydrogen) atoms. The van der Waals surface area contributed by atoms with Gasteiger partial charge >= 0.3 is 0 Å². The Labute approximate surface area is 104 Å². The fraction of sp³-hybridized carbons (Fsp3) is 0.875. The van der Waals surface area contributed by atoms with Crippen molar-refractivity contribution in [2.75, 3.05) is 0 Å². The second-order valence-electron chi connectivity index (χ2n) is 5.40. The van der Waals surface area contributed by atoms with Crippen molar-refractivity contribution < 1.29 is 0 Å². The van der Waals surface area contributed by atoms with Gasteiger partial charge in [-0.3, -0.25) is 0 Å². The zero-order valence-corrected chi connectivity index (χ0v) is 12.0. The van der Waals surface area contributed by atoms with E-state index in [0.717, 1.165) is 11.8 Å². The van der Waals surface area contributed by atoms with Crippen molar-refractivity contribution in [2.24, 2.45) is 11.8 Å². The van der Waals surface area contributed by atoms with Gasteiger partial charge in [-0.15, -0.1) is 0 Å². The van der Waals surface area contributed by atoms with E-state index in [1.807, 2.05) is 0 Å². The smallest absolute Gasteiger partial charge is 0.0325 e. The quantitative estimate of drug-likeness (QED) is 0.316. The van der Waals surface area contributed by atoms with Gasteiger partial charge in [0.1, 0.15) is 0 Å². The Morgan fingerprint density at radius 1 is 0.875 bits per heavy atom. The van der Waals surface area contributed by atoms with E-state index in [2.05, 4.69) is 39.8 Å². The third kappa shape index (κ3) is 10.3. The van der Waals surface area contributed by atoms with Crippen LogP contribution in [0.3, 0.4) is 0 Å². The molecule has 0 spiro atoms. The molecule has 0 aliphatic heterocycles. The van der Waals surface area contributed by atoms with Crippen molar-refractivity contribution in [3.05, 3.63) is 12.2 Å². The topological polar surface area (TPSA) is 0 Å². The molecule has 0 bridgehead atoms. The summed E-state index contributed by atoms with van der Waals surface area (Å²) >= 11 is 0. The molecule has 0 aromatic heterocycles. The molecular formula is C16H32. The largest absolute Gasteiger partial charge is 0.0885 e. The van der Waals surface area contributed by atoms with E-state index in [9.17, 15) is 0 Å². The summed E-state index contributed by atoms with van der Waals surface area (Å²) in [6.07, 6.45) is 15.6. The van der Waals surface area contributed by atoms with Crippen LogP contribution in [0.2, 0.25) is 0 Å². The molecule has 0 saturated heterocycles. The number of hydrogen-bond donors (Lipinski definition) is 0. The second kappa shape index (κ2) is 11.2. The molecular weight excluding hydrogens is 192 g/mol. The Morgan fingerprint density at radius 2 is 1.62 bits per heavy atom. The molecule has 0 N–H and O–H groups in total. The monoisotopic (exact) mass is 224 g/mol. The summed E-state index contributed by atoms with van der Waals surface area (Å²) in [5, 5.41) is 0. The van der Waals surface area contributed by atoms with E-state index in [-0.39, 0.29) is 0 Å². The Morgan fingerprint density at radius 3 is 2.25 bits per heavy atom. The minimum absolute atomic E-state index is 0.881. The van der Waals surface area contributed by atoms with Crippen molar-refractivity contribution in [3.63, 3.8) is 0 Å². The first-order valence-corrected chi connectivity index (χ1v) is 7.35. The van der Waals surface area contributed by atoms with E-state index in [4.69, 9.17) is 0 Å². The lowest BCUT2D eigenvalue weighted by molar-refractivity contribution is 0.498. The SMILES string of the molecule is CCCCCC(C)CC=CCCC(C)CC. The van der Waals surface area contributed by atoms with Crippen LogP contribution in [-0.2, 0) is 0 Å². The highest BCUT2D eigenvalue weighted by molar-refractivity contribution is 4.83. The van der Waals surface area contributed by atoms with Gasteiger partial charge in [-0.05, 0) is 31.1 Å². The van der Waals surface area contributed by atoms with Crippen LogP contribution in [0.25, 0.3) is 0 Å². The van der Waals surface area contributed by atoms with Gasteiger partial charge in [0.25, 0.3) is 0 Å². The Kier molecular flexibility index (Phi) is 11.0. The Balaban J connectivity index is 3.37. The first-order valence-electron chi connectivity index (χ1n) is 7.35. The molecule has 2 unspecified atom stereocenters. The van der Waals surface area contributed by atoms with Crippen LogP contribution in [-0.4, -0.2) is 0 Å². The van der Waals surface area contributed by atoms with E-state index in [1.165, 1.54) is 51.4 Å². The molecule has 0 rings (SSSR count). The molecule has 0 radical (unpaired) electrons. The third-order valence-electron chi connectivity index (χ3n) is 3.53. The minimum atomic E-state index is 0.881. The highest BCUT2D eigenvalue weighted by atomic mass is 14.0. The van der Waals surface area contributed by atoms with Gasteiger partial charge in [0, 0.05) is 0 Å². The van der Waals surface area contributed by atoms with Gasteiger partial charge in [-0.25, -0.2) is 0 Å². The lowest BCUT2D eigenvalue weighted by Crippen LogP contribution is -1.93. The third-order valence-corrected chi connectivity index (χ3v) is 3.53. The fourth-order valence-corrected chi connectivity index (χ4v) is 1.89. The Hall–Kier alpha value is -0.260. The number of unbranched alkanes of at least 4 members (excludes halogenated alkanes) is 2. The van der Waals surface area contributed by atoms with Gasteiger partial charge < -0.3 is 0 Å². The van der Waals surface area contributed by atoms with E-state index >= 15 is 0 Å². The summed E-state index contributed by atoms with van der Waals surface area (Å²) in [6.45, 7) is 9.29. The van der Waals surface area contributed by atoms with Crippen molar-refractivity contribution >= 4 is 0 Å². The molecule has 2 atom stereocenters. The van der Waals surface area contributed by atoms with Crippen LogP contribution in [0, 0.1) is 11.8 Å². The van der Waals surface area contributed by atoms with E-state index in [0.29, 0.717) is 0 Å². The van der Waals surface area contributed by atoms with Crippen LogP contribution < -0.4 is 0 Å². The van der Waals surface area contributed by atoms with Crippen LogP contribution >= 0.6 is 0 Å². The maximum Gasteiger partial charge on any atom is -0.0325 e. The van der Waals surface area contributed by atoms with Gasteiger partial charge in [-0.2, -0.15) is 0 Å². The predicted molar refractivity (Wildman–Crippen MR) is 75.8 cm³/mol. The van der Waals surface area contributed by atoms with Crippen LogP contribution in [0.5, 0.6) is 0 Å². The van der Waals surface area contributed by atoms with Gasteiger partial charge in [0.05, 0.1) is 0 Å². The molecule has 96 valence electrons. The second-order valence-corrected chi connectivity index (χ2v) is 5.40. The highest BCUT2D eigenvalue weighted by Gasteiger charge is 1.99. The van der Waals surface area contributed by atoms with Crippen LogP contribution in [0.4, 0.5) is 0 Å². The van der Waals surface area contributed by atoms with Crippen molar-refractivity contribution in [1.29, 1.82) is 0 Å². The molecule has 0 saturated carbocycles. The summed E-state index contributed by atoms with van der Waals surface area (Å²) in [7, 11) is 0. The maximum absolute atomic E-state index is 2.40. The van der Waals surface area contributed by atoms with Crippen LogP contribution in [0.15, 0.2) is 12.2 Å². The molecule has 0 aromatic carbocycles. The molecule has 0 amide bonds. The molecule has 0 aliphatic rings. The van der Waals surface area contributed by atoms with E-state index in [1.54, 1.807) is 0 Å². The van der Waals surface area contributed by atoms with Crippen molar-refractivity contribution in [2.45, 2.75) is 79.1 Å². The predicted octanol–water partition coefficient (Wildman–Crippen LogP) is 5.98. The lowest BCUT2D eigenvalue weighted by atomic mass is 9.99. The lowest BCUT2D eigenvalue weighted by Gasteiger charge is -2.08. The van der Waals surface area contributed by atoms with E-state index < -0.39 is 0 Å². The summed E-state index contributed by atoms with van der Waals surface area (Å²) in [4.78, 5) is 0. The van der Waals surface area contributed by atoms with Crippen molar-refractivity contribution in [3.8, 4) is 0 Å². The van der Waals surface area contributed by atoms with Gasteiger partial charge in [0.15, 0.2) is 0 Å². The van der Waals surface area contributed by atoms with Crippen LogP contribution in [0.1, 0.15) is 79.1 Å². The average Bonchev–Trinajstić information content (AvgIpc) is 2.28. The molecule has 0 nitrogen and oxygen atoms in total. The van der Waals surface area contributed by atoms with Gasteiger partial charge in [-0.1, -0.05) is 72.0 Å². The molecule has 0 fully saturated rings. The highest BCUT2D eigenvalue weighted by Crippen LogP contribution is 2.14. The van der Waals surface area contributed by atoms with Gasteiger partial charge in [0.2, 0.25) is 0 Å².